The topological polar surface area (TPSA) is 45.0 Å². The largest absolute Gasteiger partial charge is 0.497 e. The second kappa shape index (κ2) is 5.74. The average molecular weight is 238 g/mol. The van der Waals surface area contributed by atoms with Gasteiger partial charge in [-0.2, -0.15) is 5.26 Å². The van der Waals surface area contributed by atoms with E-state index in [4.69, 9.17) is 10.00 Å². The lowest BCUT2D eigenvalue weighted by Gasteiger charge is -2.17. The van der Waals surface area contributed by atoms with Crippen molar-refractivity contribution in [3.63, 3.8) is 0 Å². The van der Waals surface area contributed by atoms with Gasteiger partial charge >= 0.3 is 0 Å². The summed E-state index contributed by atoms with van der Waals surface area (Å²) < 4.78 is 5.21. The van der Waals surface area contributed by atoms with Gasteiger partial charge in [-0.25, -0.2) is 0 Å². The zero-order chi connectivity index (χ0) is 12.8. The minimum absolute atomic E-state index is 0.103. The zero-order valence-electron chi connectivity index (χ0n) is 10.1. The average Bonchev–Trinajstić information content (AvgIpc) is 2.42. The van der Waals surface area contributed by atoms with E-state index in [0.717, 1.165) is 16.9 Å². The summed E-state index contributed by atoms with van der Waals surface area (Å²) in [6, 6.07) is 9.89. The maximum absolute atomic E-state index is 8.75. The number of nitrogens with zero attached hydrogens (tertiary/aromatic N) is 1. The van der Waals surface area contributed by atoms with Crippen molar-refractivity contribution in [1.29, 1.82) is 5.26 Å². The van der Waals surface area contributed by atoms with Crippen LogP contribution in [0.1, 0.15) is 5.56 Å². The Morgan fingerprint density at radius 1 is 1.33 bits per heavy atom. The summed E-state index contributed by atoms with van der Waals surface area (Å²) >= 11 is 0. The van der Waals surface area contributed by atoms with E-state index in [2.05, 4.69) is 5.32 Å². The SMILES string of the molecule is COC1=CC(=Cc2ccccc2)C(NC#N)C=C1. The van der Waals surface area contributed by atoms with Crippen LogP contribution in [0.25, 0.3) is 6.08 Å². The Morgan fingerprint density at radius 3 is 2.78 bits per heavy atom. The van der Waals surface area contributed by atoms with Gasteiger partial charge in [0.05, 0.1) is 13.2 Å². The van der Waals surface area contributed by atoms with Gasteiger partial charge in [0, 0.05) is 0 Å². The molecule has 0 bridgehead atoms. The fourth-order valence-corrected chi connectivity index (χ4v) is 1.81. The quantitative estimate of drug-likeness (QED) is 0.650. The first-order chi connectivity index (χ1) is 8.83. The number of benzene rings is 1. The zero-order valence-corrected chi connectivity index (χ0v) is 10.1. The van der Waals surface area contributed by atoms with Gasteiger partial charge in [0.1, 0.15) is 5.76 Å². The number of methoxy groups -OCH3 is 1. The Balaban J connectivity index is 2.32. The number of rotatable bonds is 3. The van der Waals surface area contributed by atoms with Gasteiger partial charge in [0.25, 0.3) is 0 Å². The molecule has 0 fully saturated rings. The molecule has 0 aliphatic heterocycles. The summed E-state index contributed by atoms with van der Waals surface area (Å²) in [5.74, 6) is 0.785. The van der Waals surface area contributed by atoms with Crippen LogP contribution in [0.15, 0.2) is 59.9 Å². The van der Waals surface area contributed by atoms with Crippen molar-refractivity contribution in [3.8, 4) is 6.19 Å². The first-order valence-corrected chi connectivity index (χ1v) is 5.68. The molecule has 18 heavy (non-hydrogen) atoms. The van der Waals surface area contributed by atoms with Crippen molar-refractivity contribution < 1.29 is 4.74 Å². The normalized spacial score (nSPS) is 20.1. The first-order valence-electron chi connectivity index (χ1n) is 5.68. The number of ether oxygens (including phenoxy) is 1. The molecule has 0 radical (unpaired) electrons. The summed E-state index contributed by atoms with van der Waals surface area (Å²) in [5.41, 5.74) is 2.10. The summed E-state index contributed by atoms with van der Waals surface area (Å²) in [5, 5.41) is 11.5. The van der Waals surface area contributed by atoms with Crippen LogP contribution in [0, 0.1) is 11.5 Å². The molecule has 1 unspecified atom stereocenters. The van der Waals surface area contributed by atoms with Gasteiger partial charge in [-0.3, -0.25) is 0 Å². The number of nitriles is 1. The van der Waals surface area contributed by atoms with Crippen LogP contribution in [0.3, 0.4) is 0 Å². The van der Waals surface area contributed by atoms with Crippen LogP contribution in [0.2, 0.25) is 0 Å². The van der Waals surface area contributed by atoms with Gasteiger partial charge in [-0.05, 0) is 29.4 Å². The van der Waals surface area contributed by atoms with Crippen LogP contribution in [-0.4, -0.2) is 13.2 Å². The summed E-state index contributed by atoms with van der Waals surface area (Å²) in [6.45, 7) is 0. The minimum Gasteiger partial charge on any atom is -0.497 e. The van der Waals surface area contributed by atoms with Crippen LogP contribution < -0.4 is 5.32 Å². The van der Waals surface area contributed by atoms with E-state index in [0.29, 0.717) is 0 Å². The molecule has 0 heterocycles. The second-order valence-electron chi connectivity index (χ2n) is 3.90. The maximum Gasteiger partial charge on any atom is 0.177 e. The van der Waals surface area contributed by atoms with E-state index >= 15 is 0 Å². The van der Waals surface area contributed by atoms with Crippen LogP contribution >= 0.6 is 0 Å². The molecule has 1 N–H and O–H groups in total. The standard InChI is InChI=1S/C15H14N2O/c1-18-14-7-8-15(17-11-16)13(10-14)9-12-5-3-2-4-6-12/h2-10,15,17H,1H3. The van der Waals surface area contributed by atoms with Gasteiger partial charge < -0.3 is 10.1 Å². The highest BCUT2D eigenvalue weighted by Crippen LogP contribution is 2.19. The smallest absolute Gasteiger partial charge is 0.177 e. The van der Waals surface area contributed by atoms with E-state index < -0.39 is 0 Å². The molecule has 1 aliphatic rings. The van der Waals surface area contributed by atoms with Crippen molar-refractivity contribution in [2.75, 3.05) is 7.11 Å². The molecule has 0 saturated carbocycles. The minimum atomic E-state index is -0.103. The Kier molecular flexibility index (Phi) is 3.83. The molecule has 3 nitrogen and oxygen atoms in total. The highest BCUT2D eigenvalue weighted by atomic mass is 16.5. The molecular weight excluding hydrogens is 224 g/mol. The van der Waals surface area contributed by atoms with Crippen LogP contribution in [0.5, 0.6) is 0 Å². The summed E-state index contributed by atoms with van der Waals surface area (Å²) in [6.07, 6.45) is 9.72. The molecule has 1 atom stereocenters. The third kappa shape index (κ3) is 2.80. The molecule has 0 saturated heterocycles. The Hall–Kier alpha value is -2.47. The van der Waals surface area contributed by atoms with Gasteiger partial charge in [0.15, 0.2) is 6.19 Å². The molecule has 1 aromatic rings. The molecule has 0 spiro atoms. The Labute approximate surface area is 107 Å². The molecule has 1 aromatic carbocycles. The van der Waals surface area contributed by atoms with Crippen molar-refractivity contribution in [3.05, 3.63) is 65.5 Å². The number of hydrogen-bond acceptors (Lipinski definition) is 3. The molecule has 90 valence electrons. The lowest BCUT2D eigenvalue weighted by molar-refractivity contribution is 0.305. The molecule has 0 amide bonds. The van der Waals surface area contributed by atoms with E-state index in [1.807, 2.05) is 60.8 Å². The number of allylic oxidation sites excluding steroid dienone is 1. The van der Waals surface area contributed by atoms with Crippen molar-refractivity contribution in [2.45, 2.75) is 6.04 Å². The molecule has 1 aliphatic carbocycles. The molecular formula is C15H14N2O. The monoisotopic (exact) mass is 238 g/mol. The molecule has 3 heteroatoms. The predicted octanol–water partition coefficient (Wildman–Crippen LogP) is 2.61. The van der Waals surface area contributed by atoms with E-state index in [1.165, 1.54) is 0 Å². The highest BCUT2D eigenvalue weighted by Gasteiger charge is 2.13. The van der Waals surface area contributed by atoms with Gasteiger partial charge in [-0.1, -0.05) is 36.4 Å². The first kappa shape index (κ1) is 12.0. The Morgan fingerprint density at radius 2 is 2.11 bits per heavy atom. The van der Waals surface area contributed by atoms with E-state index in [-0.39, 0.29) is 6.04 Å². The fraction of sp³-hybridized carbons (Fsp3) is 0.133. The lowest BCUT2D eigenvalue weighted by Crippen LogP contribution is -2.25. The highest BCUT2D eigenvalue weighted by molar-refractivity contribution is 5.60. The molecule has 2 rings (SSSR count). The van der Waals surface area contributed by atoms with Crippen LogP contribution in [0.4, 0.5) is 0 Å². The van der Waals surface area contributed by atoms with Gasteiger partial charge in [0.2, 0.25) is 0 Å². The third-order valence-electron chi connectivity index (χ3n) is 2.71. The third-order valence-corrected chi connectivity index (χ3v) is 2.71. The maximum atomic E-state index is 8.75. The fourth-order valence-electron chi connectivity index (χ4n) is 1.81. The predicted molar refractivity (Wildman–Crippen MR) is 71.2 cm³/mol. The van der Waals surface area contributed by atoms with Crippen molar-refractivity contribution in [1.82, 2.24) is 5.32 Å². The summed E-state index contributed by atoms with van der Waals surface area (Å²) in [4.78, 5) is 0. The van der Waals surface area contributed by atoms with Crippen molar-refractivity contribution in [2.24, 2.45) is 0 Å². The van der Waals surface area contributed by atoms with E-state index in [9.17, 15) is 0 Å². The lowest BCUT2D eigenvalue weighted by atomic mass is 9.98. The number of nitrogens with one attached hydrogen (secondary N) is 1. The Bertz CT molecular complexity index is 535. The number of hydrogen-bond donors (Lipinski definition) is 1. The van der Waals surface area contributed by atoms with E-state index in [1.54, 1.807) is 7.11 Å². The second-order valence-corrected chi connectivity index (χ2v) is 3.90. The summed E-state index contributed by atoms with van der Waals surface area (Å²) in [7, 11) is 1.63. The molecule has 0 aromatic heterocycles. The van der Waals surface area contributed by atoms with Gasteiger partial charge in [-0.15, -0.1) is 0 Å². The van der Waals surface area contributed by atoms with Crippen molar-refractivity contribution >= 4 is 6.08 Å². The van der Waals surface area contributed by atoms with Crippen LogP contribution in [-0.2, 0) is 4.74 Å².